The normalized spacial score (nSPS) is 11.7. The Morgan fingerprint density at radius 3 is 2.47 bits per heavy atom. The molecule has 170 valence electrons. The van der Waals surface area contributed by atoms with Crippen LogP contribution in [0.25, 0.3) is 11.5 Å². The number of aromatic nitrogens is 2. The van der Waals surface area contributed by atoms with Crippen LogP contribution in [0.3, 0.4) is 0 Å². The molecule has 0 saturated heterocycles. The van der Waals surface area contributed by atoms with Crippen LogP contribution in [0.5, 0.6) is 0 Å². The highest BCUT2D eigenvalue weighted by Gasteiger charge is 2.22. The highest BCUT2D eigenvalue weighted by Crippen LogP contribution is 2.26. The molecule has 1 aromatic heterocycles. The number of rotatable bonds is 9. The zero-order valence-corrected chi connectivity index (χ0v) is 20.1. The molecule has 8 nitrogen and oxygen atoms in total. The molecule has 0 unspecified atom stereocenters. The van der Waals surface area contributed by atoms with Gasteiger partial charge in [-0.25, -0.2) is 8.42 Å². The van der Waals surface area contributed by atoms with Crippen LogP contribution in [-0.4, -0.2) is 47.7 Å². The Labute approximate surface area is 192 Å². The van der Waals surface area contributed by atoms with E-state index < -0.39 is 10.0 Å². The summed E-state index contributed by atoms with van der Waals surface area (Å²) in [5, 5.41) is 11.1. The van der Waals surface area contributed by atoms with E-state index in [1.807, 2.05) is 38.1 Å². The predicted octanol–water partition coefficient (Wildman–Crippen LogP) is 4.11. The Morgan fingerprint density at radius 2 is 1.78 bits per heavy atom. The van der Waals surface area contributed by atoms with Crippen LogP contribution in [0, 0.1) is 13.8 Å². The Bertz CT molecular complexity index is 1200. The highest BCUT2D eigenvalue weighted by molar-refractivity contribution is 7.99. The van der Waals surface area contributed by atoms with E-state index in [2.05, 4.69) is 15.5 Å². The van der Waals surface area contributed by atoms with Gasteiger partial charge >= 0.3 is 0 Å². The van der Waals surface area contributed by atoms with Gasteiger partial charge in [-0.1, -0.05) is 49.9 Å². The van der Waals surface area contributed by atoms with Crippen molar-refractivity contribution in [2.75, 3.05) is 24.2 Å². The van der Waals surface area contributed by atoms with Gasteiger partial charge < -0.3 is 9.73 Å². The number of carbonyl (C=O) groups excluding carboxylic acids is 1. The minimum Gasteiger partial charge on any atom is -0.411 e. The quantitative estimate of drug-likeness (QED) is 0.465. The molecule has 1 heterocycles. The third-order valence-corrected chi connectivity index (χ3v) is 7.80. The predicted molar refractivity (Wildman–Crippen MR) is 125 cm³/mol. The first-order valence-corrected chi connectivity index (χ1v) is 12.6. The van der Waals surface area contributed by atoms with Crippen molar-refractivity contribution in [1.82, 2.24) is 14.5 Å². The first-order chi connectivity index (χ1) is 15.3. The second kappa shape index (κ2) is 10.3. The van der Waals surface area contributed by atoms with Crippen molar-refractivity contribution in [3.05, 3.63) is 53.6 Å². The smallest absolute Gasteiger partial charge is 0.277 e. The Balaban J connectivity index is 1.68. The molecule has 3 rings (SSSR count). The summed E-state index contributed by atoms with van der Waals surface area (Å²) in [6.07, 6.45) is 0. The molecular formula is C22H26N4O4S2. The first kappa shape index (κ1) is 24.0. The lowest BCUT2D eigenvalue weighted by Gasteiger charge is -2.19. The molecule has 0 spiro atoms. The van der Waals surface area contributed by atoms with Gasteiger partial charge in [0.1, 0.15) is 0 Å². The molecule has 0 aliphatic carbocycles. The largest absolute Gasteiger partial charge is 0.411 e. The number of hydrogen-bond donors (Lipinski definition) is 1. The molecule has 10 heteroatoms. The maximum Gasteiger partial charge on any atom is 0.277 e. The molecule has 0 saturated carbocycles. The maximum absolute atomic E-state index is 12.8. The van der Waals surface area contributed by atoms with Crippen LogP contribution in [0.15, 0.2) is 57.0 Å². The molecule has 32 heavy (non-hydrogen) atoms. The van der Waals surface area contributed by atoms with E-state index in [-0.39, 0.29) is 21.8 Å². The van der Waals surface area contributed by atoms with E-state index in [4.69, 9.17) is 4.42 Å². The van der Waals surface area contributed by atoms with Crippen molar-refractivity contribution in [3.63, 3.8) is 0 Å². The number of anilines is 1. The lowest BCUT2D eigenvalue weighted by Crippen LogP contribution is -2.30. The fraction of sp³-hybridized carbons (Fsp3) is 0.318. The highest BCUT2D eigenvalue weighted by atomic mass is 32.2. The van der Waals surface area contributed by atoms with Crippen LogP contribution in [0.4, 0.5) is 5.69 Å². The van der Waals surface area contributed by atoms with Gasteiger partial charge in [-0.2, -0.15) is 4.31 Å². The fourth-order valence-electron chi connectivity index (χ4n) is 3.11. The van der Waals surface area contributed by atoms with Crippen LogP contribution >= 0.6 is 11.8 Å². The number of sulfonamides is 1. The van der Waals surface area contributed by atoms with Crippen LogP contribution in [0.2, 0.25) is 0 Å². The van der Waals surface area contributed by atoms with E-state index in [1.54, 1.807) is 26.0 Å². The molecule has 0 aliphatic heterocycles. The van der Waals surface area contributed by atoms with Crippen molar-refractivity contribution < 1.29 is 17.6 Å². The van der Waals surface area contributed by atoms with Crippen LogP contribution < -0.4 is 5.32 Å². The molecule has 1 N–H and O–H groups in total. The molecule has 3 aromatic rings. The van der Waals surface area contributed by atoms with Gasteiger partial charge in [-0.15, -0.1) is 10.2 Å². The van der Waals surface area contributed by atoms with E-state index in [1.165, 1.54) is 10.4 Å². The summed E-state index contributed by atoms with van der Waals surface area (Å²) in [5.74, 6) is 0.143. The molecule has 0 radical (unpaired) electrons. The van der Waals surface area contributed by atoms with Gasteiger partial charge in [0.05, 0.1) is 10.6 Å². The standard InChI is InChI=1S/C22H26N4O4S2/c1-5-26(6-2)32(28,29)17-12-11-16(4)19(13-17)23-20(27)14-31-22-25-24-21(30-22)18-10-8-7-9-15(18)3/h7-13H,5-6,14H2,1-4H3,(H,23,27). The second-order valence-electron chi connectivity index (χ2n) is 7.09. The summed E-state index contributed by atoms with van der Waals surface area (Å²) in [7, 11) is -3.62. The van der Waals surface area contributed by atoms with Crippen molar-refractivity contribution in [3.8, 4) is 11.5 Å². The third kappa shape index (κ3) is 5.37. The van der Waals surface area contributed by atoms with Gasteiger partial charge in [0.15, 0.2) is 0 Å². The summed E-state index contributed by atoms with van der Waals surface area (Å²) in [6, 6.07) is 12.4. The summed E-state index contributed by atoms with van der Waals surface area (Å²) in [4.78, 5) is 12.6. The molecule has 1 amide bonds. The number of aryl methyl sites for hydroxylation is 2. The van der Waals surface area contributed by atoms with Gasteiger partial charge in [-0.05, 0) is 43.2 Å². The Kier molecular flexibility index (Phi) is 7.70. The number of amides is 1. The number of nitrogens with one attached hydrogen (secondary N) is 1. The molecule has 2 aromatic carbocycles. The van der Waals surface area contributed by atoms with Gasteiger partial charge in [0, 0.05) is 24.3 Å². The number of carbonyl (C=O) groups is 1. The lowest BCUT2D eigenvalue weighted by atomic mass is 10.1. The van der Waals surface area contributed by atoms with E-state index in [0.717, 1.165) is 28.5 Å². The van der Waals surface area contributed by atoms with Crippen LogP contribution in [0.1, 0.15) is 25.0 Å². The summed E-state index contributed by atoms with van der Waals surface area (Å²) in [5.41, 5.74) is 3.08. The van der Waals surface area contributed by atoms with E-state index in [9.17, 15) is 13.2 Å². The average molecular weight is 475 g/mol. The zero-order chi connectivity index (χ0) is 23.3. The number of nitrogens with zero attached hydrogens (tertiary/aromatic N) is 3. The molecule has 0 atom stereocenters. The fourth-order valence-corrected chi connectivity index (χ4v) is 5.16. The van der Waals surface area contributed by atoms with Crippen LogP contribution in [-0.2, 0) is 14.8 Å². The Morgan fingerprint density at radius 1 is 1.06 bits per heavy atom. The second-order valence-corrected chi connectivity index (χ2v) is 9.96. The number of benzene rings is 2. The molecule has 0 fully saturated rings. The summed E-state index contributed by atoms with van der Waals surface area (Å²) >= 11 is 1.12. The zero-order valence-electron chi connectivity index (χ0n) is 18.5. The molecule has 0 aliphatic rings. The van der Waals surface area contributed by atoms with Crippen molar-refractivity contribution in [1.29, 1.82) is 0 Å². The molecule has 0 bridgehead atoms. The van der Waals surface area contributed by atoms with E-state index >= 15 is 0 Å². The minimum atomic E-state index is -3.62. The van der Waals surface area contributed by atoms with E-state index in [0.29, 0.717) is 24.7 Å². The molecular weight excluding hydrogens is 448 g/mol. The first-order valence-electron chi connectivity index (χ1n) is 10.2. The SMILES string of the molecule is CCN(CC)S(=O)(=O)c1ccc(C)c(NC(=O)CSc2nnc(-c3ccccc3C)o2)c1. The topological polar surface area (TPSA) is 105 Å². The number of hydrogen-bond acceptors (Lipinski definition) is 7. The monoisotopic (exact) mass is 474 g/mol. The summed E-state index contributed by atoms with van der Waals surface area (Å²) in [6.45, 7) is 8.09. The third-order valence-electron chi connectivity index (χ3n) is 4.93. The van der Waals surface area contributed by atoms with Crippen molar-refractivity contribution in [2.24, 2.45) is 0 Å². The summed E-state index contributed by atoms with van der Waals surface area (Å²) < 4.78 is 32.6. The maximum atomic E-state index is 12.8. The van der Waals surface area contributed by atoms with Crippen molar-refractivity contribution in [2.45, 2.75) is 37.8 Å². The lowest BCUT2D eigenvalue weighted by molar-refractivity contribution is -0.113. The van der Waals surface area contributed by atoms with Gasteiger partial charge in [-0.3, -0.25) is 4.79 Å². The van der Waals surface area contributed by atoms with Gasteiger partial charge in [0.25, 0.3) is 5.22 Å². The minimum absolute atomic E-state index is 0.0435. The van der Waals surface area contributed by atoms with Gasteiger partial charge in [0.2, 0.25) is 21.8 Å². The average Bonchev–Trinajstić information content (AvgIpc) is 3.23. The number of thioether (sulfide) groups is 1. The van der Waals surface area contributed by atoms with Crippen molar-refractivity contribution >= 4 is 33.4 Å². The Hall–Kier alpha value is -2.69.